The molecule has 2 saturated heterocycles. The highest BCUT2D eigenvalue weighted by atomic mass is 16.5. The number of nitrogens with zero attached hydrogens (tertiary/aromatic N) is 4. The number of β-amino-alcohol motifs (C(OH)–C–C–N with tert-alkyl or cyclic N) is 1. The Morgan fingerprint density at radius 1 is 1.11 bits per heavy atom. The van der Waals surface area contributed by atoms with Gasteiger partial charge in [0.05, 0.1) is 31.3 Å². The molecule has 1 atom stereocenters. The van der Waals surface area contributed by atoms with Crippen molar-refractivity contribution >= 4 is 17.7 Å². The summed E-state index contributed by atoms with van der Waals surface area (Å²) < 4.78 is 15.5. The van der Waals surface area contributed by atoms with Crippen molar-refractivity contribution in [3.05, 3.63) is 40.5 Å². The monoisotopic (exact) mass is 482 g/mol. The van der Waals surface area contributed by atoms with Crippen molar-refractivity contribution in [3.8, 4) is 11.9 Å². The van der Waals surface area contributed by atoms with Crippen molar-refractivity contribution in [1.82, 2.24) is 14.9 Å². The summed E-state index contributed by atoms with van der Waals surface area (Å²) in [6, 6.07) is 5.38. The Bertz CT molecular complexity index is 1140. The molecule has 0 saturated carbocycles. The molecule has 1 N–H and O–H groups in total. The minimum atomic E-state index is -0.679. The topological polar surface area (TPSA) is 114 Å². The van der Waals surface area contributed by atoms with E-state index in [4.69, 9.17) is 14.2 Å². The van der Waals surface area contributed by atoms with Crippen LogP contribution in [-0.4, -0.2) is 72.2 Å². The number of carbonyl (C=O) groups is 2. The SMILES string of the molecule is COc1cc(N2CCC3(CCN(CC(O)c4ccc5c(c4C)COC5=O)CC3)C2=O)nc(OC)n1. The van der Waals surface area contributed by atoms with Crippen molar-refractivity contribution in [2.45, 2.75) is 38.9 Å². The number of rotatable bonds is 6. The quantitative estimate of drug-likeness (QED) is 0.618. The summed E-state index contributed by atoms with van der Waals surface area (Å²) in [5.41, 5.74) is 2.75. The molecular formula is C25H30N4O6. The first-order valence-corrected chi connectivity index (χ1v) is 11.8. The van der Waals surface area contributed by atoms with Crippen LogP contribution < -0.4 is 14.4 Å². The van der Waals surface area contributed by atoms with Crippen LogP contribution in [0.2, 0.25) is 0 Å². The summed E-state index contributed by atoms with van der Waals surface area (Å²) in [4.78, 5) is 37.7. The molecule has 1 unspecified atom stereocenters. The van der Waals surface area contributed by atoms with Crippen LogP contribution in [-0.2, 0) is 16.1 Å². The van der Waals surface area contributed by atoms with Gasteiger partial charge in [-0.25, -0.2) is 4.79 Å². The number of ether oxygens (including phenoxy) is 3. The summed E-state index contributed by atoms with van der Waals surface area (Å²) in [5, 5.41) is 11.0. The molecule has 186 valence electrons. The van der Waals surface area contributed by atoms with Gasteiger partial charge in [0, 0.05) is 24.7 Å². The van der Waals surface area contributed by atoms with Gasteiger partial charge in [-0.05, 0) is 56.5 Å². The lowest BCUT2D eigenvalue weighted by Crippen LogP contribution is -2.45. The zero-order chi connectivity index (χ0) is 24.7. The Morgan fingerprint density at radius 2 is 1.86 bits per heavy atom. The van der Waals surface area contributed by atoms with Gasteiger partial charge < -0.3 is 24.2 Å². The van der Waals surface area contributed by atoms with Crippen LogP contribution in [0.25, 0.3) is 0 Å². The van der Waals surface area contributed by atoms with Crippen molar-refractivity contribution in [2.75, 3.05) is 45.3 Å². The van der Waals surface area contributed by atoms with E-state index in [-0.39, 0.29) is 24.5 Å². The molecule has 2 aromatic rings. The molecule has 0 radical (unpaired) electrons. The minimum Gasteiger partial charge on any atom is -0.481 e. The summed E-state index contributed by atoms with van der Waals surface area (Å²) >= 11 is 0. The normalized spacial score (nSPS) is 20.2. The molecule has 1 aromatic carbocycles. The summed E-state index contributed by atoms with van der Waals surface area (Å²) in [6.07, 6.45) is 1.52. The lowest BCUT2D eigenvalue weighted by Gasteiger charge is -2.38. The molecule has 2 fully saturated rings. The lowest BCUT2D eigenvalue weighted by atomic mass is 9.77. The maximum atomic E-state index is 13.5. The molecule has 10 nitrogen and oxygen atoms in total. The fraction of sp³-hybridized carbons (Fsp3) is 0.520. The van der Waals surface area contributed by atoms with E-state index in [1.807, 2.05) is 13.0 Å². The number of amides is 1. The highest BCUT2D eigenvalue weighted by Gasteiger charge is 2.49. The number of fused-ring (bicyclic) bond motifs is 1. The molecule has 1 spiro atoms. The zero-order valence-corrected chi connectivity index (χ0v) is 20.2. The lowest BCUT2D eigenvalue weighted by molar-refractivity contribution is -0.128. The number of likely N-dealkylation sites (tertiary alicyclic amines) is 1. The van der Waals surface area contributed by atoms with Crippen molar-refractivity contribution in [2.24, 2.45) is 5.41 Å². The van der Waals surface area contributed by atoms with Gasteiger partial charge in [-0.1, -0.05) is 6.07 Å². The molecule has 5 rings (SSSR count). The Labute approximate surface area is 203 Å². The summed E-state index contributed by atoms with van der Waals surface area (Å²) in [5.74, 6) is 0.601. The van der Waals surface area contributed by atoms with Crippen LogP contribution in [0.4, 0.5) is 5.82 Å². The van der Waals surface area contributed by atoms with E-state index < -0.39 is 11.5 Å². The predicted octanol–water partition coefficient (Wildman–Crippen LogP) is 2.03. The number of aliphatic hydroxyl groups excluding tert-OH is 1. The number of aromatic nitrogens is 2. The van der Waals surface area contributed by atoms with E-state index in [1.165, 1.54) is 14.2 Å². The standard InChI is InChI=1S/C25H30N4O6/c1-15-16(4-5-17-18(15)14-35-22(17)31)19(30)13-28-9-6-25(7-10-28)8-11-29(23(25)32)20-12-21(33-2)27-24(26-20)34-3/h4-5,12,19,30H,6-11,13-14H2,1-3H3. The number of carbonyl (C=O) groups excluding carboxylic acids is 2. The van der Waals surface area contributed by atoms with Gasteiger partial charge in [0.15, 0.2) is 0 Å². The number of methoxy groups -OCH3 is 2. The number of esters is 1. The van der Waals surface area contributed by atoms with E-state index >= 15 is 0 Å². The van der Waals surface area contributed by atoms with Crippen LogP contribution >= 0.6 is 0 Å². The third kappa shape index (κ3) is 4.10. The van der Waals surface area contributed by atoms with E-state index in [9.17, 15) is 14.7 Å². The maximum absolute atomic E-state index is 13.5. The molecule has 0 aliphatic carbocycles. The second-order valence-corrected chi connectivity index (χ2v) is 9.44. The largest absolute Gasteiger partial charge is 0.481 e. The number of benzene rings is 1. The van der Waals surface area contributed by atoms with Crippen LogP contribution in [0.3, 0.4) is 0 Å². The molecule has 4 heterocycles. The molecule has 35 heavy (non-hydrogen) atoms. The third-order valence-corrected chi connectivity index (χ3v) is 7.66. The van der Waals surface area contributed by atoms with Crippen LogP contribution in [0.5, 0.6) is 11.9 Å². The third-order valence-electron chi connectivity index (χ3n) is 7.66. The Kier molecular flexibility index (Phi) is 6.10. The van der Waals surface area contributed by atoms with Gasteiger partial charge in [-0.15, -0.1) is 0 Å². The summed E-state index contributed by atoms with van der Waals surface area (Å²) in [7, 11) is 2.99. The molecule has 1 aromatic heterocycles. The molecule has 3 aliphatic heterocycles. The maximum Gasteiger partial charge on any atom is 0.338 e. The first-order chi connectivity index (χ1) is 16.8. The number of anilines is 1. The van der Waals surface area contributed by atoms with E-state index in [2.05, 4.69) is 14.9 Å². The zero-order valence-electron chi connectivity index (χ0n) is 20.2. The van der Waals surface area contributed by atoms with Crippen LogP contribution in [0.1, 0.15) is 52.4 Å². The summed E-state index contributed by atoms with van der Waals surface area (Å²) in [6.45, 7) is 4.68. The smallest absolute Gasteiger partial charge is 0.338 e. The first-order valence-electron chi connectivity index (χ1n) is 11.8. The van der Waals surface area contributed by atoms with E-state index in [0.29, 0.717) is 30.4 Å². The highest BCUT2D eigenvalue weighted by Crippen LogP contribution is 2.43. The number of hydrogen-bond donors (Lipinski definition) is 1. The van der Waals surface area contributed by atoms with Gasteiger partial charge in [0.1, 0.15) is 12.4 Å². The minimum absolute atomic E-state index is 0.0691. The molecule has 0 bridgehead atoms. The second-order valence-electron chi connectivity index (χ2n) is 9.44. The van der Waals surface area contributed by atoms with Crippen LogP contribution in [0.15, 0.2) is 18.2 Å². The Morgan fingerprint density at radius 3 is 2.57 bits per heavy atom. The predicted molar refractivity (Wildman–Crippen MR) is 125 cm³/mol. The average Bonchev–Trinajstić information content (AvgIpc) is 3.41. The van der Waals surface area contributed by atoms with Gasteiger partial charge in [-0.3, -0.25) is 9.69 Å². The molecule has 10 heteroatoms. The van der Waals surface area contributed by atoms with E-state index in [0.717, 1.165) is 49.0 Å². The molecule has 3 aliphatic rings. The van der Waals surface area contributed by atoms with Gasteiger partial charge in [0.25, 0.3) is 0 Å². The number of cyclic esters (lactones) is 1. The average molecular weight is 483 g/mol. The molecular weight excluding hydrogens is 452 g/mol. The number of aliphatic hydroxyl groups is 1. The Hall–Kier alpha value is -3.24. The van der Waals surface area contributed by atoms with Crippen LogP contribution in [0, 0.1) is 12.3 Å². The number of piperidine rings is 1. The van der Waals surface area contributed by atoms with Gasteiger partial charge in [-0.2, -0.15) is 9.97 Å². The van der Waals surface area contributed by atoms with Gasteiger partial charge in [0.2, 0.25) is 11.8 Å². The Balaban J connectivity index is 1.24. The number of hydrogen-bond acceptors (Lipinski definition) is 9. The van der Waals surface area contributed by atoms with Gasteiger partial charge >= 0.3 is 12.0 Å². The molecule has 1 amide bonds. The highest BCUT2D eigenvalue weighted by molar-refractivity contribution is 5.99. The van der Waals surface area contributed by atoms with Crippen molar-refractivity contribution < 1.29 is 28.9 Å². The fourth-order valence-electron chi connectivity index (χ4n) is 5.46. The van der Waals surface area contributed by atoms with Crippen molar-refractivity contribution in [3.63, 3.8) is 0 Å². The first kappa shape index (κ1) is 23.5. The second kappa shape index (κ2) is 9.09. The van der Waals surface area contributed by atoms with E-state index in [1.54, 1.807) is 17.0 Å². The fourth-order valence-corrected chi connectivity index (χ4v) is 5.46. The van der Waals surface area contributed by atoms with Crippen molar-refractivity contribution in [1.29, 1.82) is 0 Å².